The maximum atomic E-state index is 14.1. The highest BCUT2D eigenvalue weighted by Gasteiger charge is 2.34. The lowest BCUT2D eigenvalue weighted by Crippen LogP contribution is -2.35. The van der Waals surface area contributed by atoms with Gasteiger partial charge in [-0.15, -0.1) is 0 Å². The standard InChI is InChI=1S/C23H16ClF5N6O/c24-16-2-1-13(25)10-15(16)17-18-19(33-21(20-31-3-4-32-20)35(18)6-5-30-17)34-22(36)11-7-12(23(27,28)29)9-14(26)8-11/h1-4,7-10,17,30H,5-6H2,(H,31,32)(H,34,36). The Morgan fingerprint density at radius 3 is 2.67 bits per heavy atom. The van der Waals surface area contributed by atoms with Crippen molar-refractivity contribution < 1.29 is 26.7 Å². The molecule has 0 aliphatic carbocycles. The summed E-state index contributed by atoms with van der Waals surface area (Å²) in [6, 6.07) is 4.64. The van der Waals surface area contributed by atoms with Crippen LogP contribution in [0.5, 0.6) is 0 Å². The molecule has 4 aromatic rings. The Morgan fingerprint density at radius 2 is 1.94 bits per heavy atom. The van der Waals surface area contributed by atoms with Crippen LogP contribution in [-0.4, -0.2) is 32.0 Å². The van der Waals surface area contributed by atoms with Crippen LogP contribution in [0.2, 0.25) is 5.02 Å². The summed E-state index contributed by atoms with van der Waals surface area (Å²) in [6.07, 6.45) is -1.77. The molecule has 1 aliphatic rings. The van der Waals surface area contributed by atoms with Gasteiger partial charge in [0.25, 0.3) is 5.91 Å². The first-order valence-corrected chi connectivity index (χ1v) is 11.0. The number of fused-ring (bicyclic) bond motifs is 1. The molecular formula is C23H16ClF5N6O. The molecule has 0 saturated heterocycles. The fourth-order valence-corrected chi connectivity index (χ4v) is 4.35. The van der Waals surface area contributed by atoms with E-state index in [9.17, 15) is 26.7 Å². The summed E-state index contributed by atoms with van der Waals surface area (Å²) in [5.41, 5.74) is -1.11. The number of amides is 1. The summed E-state index contributed by atoms with van der Waals surface area (Å²) in [4.78, 5) is 24.5. The van der Waals surface area contributed by atoms with E-state index < -0.39 is 40.9 Å². The molecule has 0 fully saturated rings. The van der Waals surface area contributed by atoms with Crippen LogP contribution in [0.25, 0.3) is 11.6 Å². The van der Waals surface area contributed by atoms with Crippen molar-refractivity contribution >= 4 is 23.3 Å². The number of hydrogen-bond donors (Lipinski definition) is 3. The third kappa shape index (κ3) is 4.44. The van der Waals surface area contributed by atoms with Crippen molar-refractivity contribution in [3.05, 3.63) is 87.8 Å². The highest BCUT2D eigenvalue weighted by Crippen LogP contribution is 2.38. The minimum absolute atomic E-state index is 0.0262. The molecule has 1 amide bonds. The molecule has 1 aliphatic heterocycles. The Kier molecular flexibility index (Phi) is 6.00. The molecule has 0 radical (unpaired) electrons. The van der Waals surface area contributed by atoms with Crippen molar-refractivity contribution in [3.63, 3.8) is 0 Å². The third-order valence-corrected chi connectivity index (χ3v) is 6.01. The van der Waals surface area contributed by atoms with E-state index in [1.54, 1.807) is 10.8 Å². The largest absolute Gasteiger partial charge is 0.416 e. The lowest BCUT2D eigenvalue weighted by molar-refractivity contribution is -0.137. The summed E-state index contributed by atoms with van der Waals surface area (Å²) in [6.45, 7) is 0.816. The van der Waals surface area contributed by atoms with Gasteiger partial charge in [-0.25, -0.2) is 18.7 Å². The fraction of sp³-hybridized carbons (Fsp3) is 0.174. The van der Waals surface area contributed by atoms with E-state index in [2.05, 4.69) is 25.6 Å². The van der Waals surface area contributed by atoms with Crippen LogP contribution in [0.4, 0.5) is 27.8 Å². The van der Waals surface area contributed by atoms with Gasteiger partial charge in [0.1, 0.15) is 11.6 Å². The molecule has 2 aromatic carbocycles. The van der Waals surface area contributed by atoms with Gasteiger partial charge >= 0.3 is 6.18 Å². The number of rotatable bonds is 4. The number of alkyl halides is 3. The second kappa shape index (κ2) is 9.03. The number of benzene rings is 2. The number of carbonyl (C=O) groups excluding carboxylic acids is 1. The number of hydrogen-bond acceptors (Lipinski definition) is 4. The molecule has 2 aromatic heterocycles. The number of nitrogens with zero attached hydrogens (tertiary/aromatic N) is 3. The molecular weight excluding hydrogens is 507 g/mol. The van der Waals surface area contributed by atoms with Crippen LogP contribution in [0, 0.1) is 11.6 Å². The molecule has 1 atom stereocenters. The lowest BCUT2D eigenvalue weighted by atomic mass is 10.0. The van der Waals surface area contributed by atoms with Crippen LogP contribution in [0.1, 0.15) is 33.2 Å². The molecule has 0 spiro atoms. The van der Waals surface area contributed by atoms with Gasteiger partial charge in [-0.3, -0.25) is 4.79 Å². The fourth-order valence-electron chi connectivity index (χ4n) is 4.12. The first-order chi connectivity index (χ1) is 17.1. The molecule has 0 bridgehead atoms. The molecule has 1 unspecified atom stereocenters. The molecule has 3 heterocycles. The van der Waals surface area contributed by atoms with E-state index in [-0.39, 0.29) is 10.8 Å². The summed E-state index contributed by atoms with van der Waals surface area (Å²) >= 11 is 6.34. The molecule has 36 heavy (non-hydrogen) atoms. The van der Waals surface area contributed by atoms with Gasteiger partial charge in [-0.05, 0) is 42.0 Å². The van der Waals surface area contributed by atoms with E-state index in [0.717, 1.165) is 0 Å². The Bertz CT molecular complexity index is 1450. The Balaban J connectivity index is 1.61. The quantitative estimate of drug-likeness (QED) is 0.323. The monoisotopic (exact) mass is 522 g/mol. The van der Waals surface area contributed by atoms with Gasteiger partial charge in [0, 0.05) is 36.1 Å². The zero-order valence-electron chi connectivity index (χ0n) is 18.1. The number of aromatic nitrogens is 4. The molecule has 3 N–H and O–H groups in total. The first-order valence-electron chi connectivity index (χ1n) is 10.6. The van der Waals surface area contributed by atoms with Gasteiger partial charge in [0.2, 0.25) is 0 Å². The van der Waals surface area contributed by atoms with Crippen LogP contribution in [-0.2, 0) is 12.7 Å². The number of nitrogens with one attached hydrogen (secondary N) is 3. The Morgan fingerprint density at radius 1 is 1.14 bits per heavy atom. The summed E-state index contributed by atoms with van der Waals surface area (Å²) in [5, 5.41) is 5.94. The van der Waals surface area contributed by atoms with Crippen molar-refractivity contribution in [2.75, 3.05) is 11.9 Å². The smallest absolute Gasteiger partial charge is 0.342 e. The van der Waals surface area contributed by atoms with E-state index in [1.165, 1.54) is 24.4 Å². The number of carbonyl (C=O) groups is 1. The normalized spacial score (nSPS) is 15.6. The second-order valence-electron chi connectivity index (χ2n) is 7.99. The number of anilines is 1. The van der Waals surface area contributed by atoms with Gasteiger partial charge in [0.05, 0.1) is 17.3 Å². The third-order valence-electron chi connectivity index (χ3n) is 5.66. The number of H-pyrrole nitrogens is 1. The highest BCUT2D eigenvalue weighted by atomic mass is 35.5. The van der Waals surface area contributed by atoms with Crippen molar-refractivity contribution in [2.24, 2.45) is 0 Å². The molecule has 7 nitrogen and oxygen atoms in total. The van der Waals surface area contributed by atoms with Crippen LogP contribution >= 0.6 is 11.6 Å². The molecule has 186 valence electrons. The zero-order chi connectivity index (χ0) is 25.6. The summed E-state index contributed by atoms with van der Waals surface area (Å²) in [7, 11) is 0. The van der Waals surface area contributed by atoms with E-state index >= 15 is 0 Å². The first kappa shape index (κ1) is 23.9. The molecule has 0 saturated carbocycles. The SMILES string of the molecule is O=C(Nc1nc(-c2ncc[nH]2)n2c1C(c1cc(F)ccc1Cl)NCC2)c1cc(F)cc(C(F)(F)F)c1. The lowest BCUT2D eigenvalue weighted by Gasteiger charge is -2.28. The molecule has 13 heteroatoms. The van der Waals surface area contributed by atoms with Gasteiger partial charge in [-0.2, -0.15) is 13.2 Å². The Labute approximate surface area is 205 Å². The average molecular weight is 523 g/mol. The topological polar surface area (TPSA) is 87.6 Å². The minimum atomic E-state index is -4.85. The number of halogens is 6. The van der Waals surface area contributed by atoms with Crippen LogP contribution < -0.4 is 10.6 Å². The minimum Gasteiger partial charge on any atom is -0.342 e. The predicted octanol–water partition coefficient (Wildman–Crippen LogP) is 5.17. The maximum absolute atomic E-state index is 14.1. The maximum Gasteiger partial charge on any atom is 0.416 e. The highest BCUT2D eigenvalue weighted by molar-refractivity contribution is 6.31. The van der Waals surface area contributed by atoms with E-state index in [4.69, 9.17) is 11.6 Å². The number of aromatic amines is 1. The van der Waals surface area contributed by atoms with Crippen LogP contribution in [0.3, 0.4) is 0 Å². The van der Waals surface area contributed by atoms with Gasteiger partial charge in [-0.1, -0.05) is 11.6 Å². The zero-order valence-corrected chi connectivity index (χ0v) is 18.9. The van der Waals surface area contributed by atoms with Gasteiger partial charge < -0.3 is 20.2 Å². The van der Waals surface area contributed by atoms with Crippen molar-refractivity contribution in [1.29, 1.82) is 0 Å². The van der Waals surface area contributed by atoms with E-state index in [1.807, 2.05) is 0 Å². The van der Waals surface area contributed by atoms with Crippen LogP contribution in [0.15, 0.2) is 48.8 Å². The van der Waals surface area contributed by atoms with Crippen molar-refractivity contribution in [2.45, 2.75) is 18.8 Å². The second-order valence-corrected chi connectivity index (χ2v) is 8.40. The molecule has 5 rings (SSSR count). The van der Waals surface area contributed by atoms with Crippen molar-refractivity contribution in [1.82, 2.24) is 24.8 Å². The van der Waals surface area contributed by atoms with E-state index in [0.29, 0.717) is 54.2 Å². The number of imidazole rings is 2. The summed E-state index contributed by atoms with van der Waals surface area (Å²) < 4.78 is 69.2. The van der Waals surface area contributed by atoms with Crippen molar-refractivity contribution in [3.8, 4) is 11.6 Å². The van der Waals surface area contributed by atoms with Gasteiger partial charge in [0.15, 0.2) is 17.5 Å². The predicted molar refractivity (Wildman–Crippen MR) is 120 cm³/mol. The average Bonchev–Trinajstić information content (AvgIpc) is 3.48. The Hall–Kier alpha value is -3.77. The summed E-state index contributed by atoms with van der Waals surface area (Å²) in [5.74, 6) is -2.09.